The second-order valence-corrected chi connectivity index (χ2v) is 8.97. The maximum Gasteiger partial charge on any atom is 0.294 e. The van der Waals surface area contributed by atoms with E-state index in [-0.39, 0.29) is 22.3 Å². The molecule has 3 aromatic rings. The van der Waals surface area contributed by atoms with Crippen molar-refractivity contribution in [2.45, 2.75) is 38.6 Å². The van der Waals surface area contributed by atoms with Crippen LogP contribution >= 0.6 is 0 Å². The Morgan fingerprint density at radius 3 is 2.40 bits per heavy atom. The SMILES string of the molecule is Cc1ccc(NS(=O)(=O)c2ccc(Nc3cnn(C(C)C)c3)c([N+](=O)[O-])c2)c(C)c1. The number of hydrogen-bond donors (Lipinski definition) is 2. The molecule has 0 bridgehead atoms. The van der Waals surface area contributed by atoms with Gasteiger partial charge in [-0.05, 0) is 51.5 Å². The number of hydrogen-bond acceptors (Lipinski definition) is 6. The first-order chi connectivity index (χ1) is 14.1. The Morgan fingerprint density at radius 2 is 1.80 bits per heavy atom. The number of nitrogens with one attached hydrogen (secondary N) is 2. The average molecular weight is 430 g/mol. The summed E-state index contributed by atoms with van der Waals surface area (Å²) in [4.78, 5) is 10.8. The summed E-state index contributed by atoms with van der Waals surface area (Å²) >= 11 is 0. The van der Waals surface area contributed by atoms with Gasteiger partial charge in [0.25, 0.3) is 15.7 Å². The van der Waals surface area contributed by atoms with Crippen LogP contribution in [0.15, 0.2) is 53.7 Å². The van der Waals surface area contributed by atoms with Crippen molar-refractivity contribution in [2.24, 2.45) is 0 Å². The topological polar surface area (TPSA) is 119 Å². The van der Waals surface area contributed by atoms with Gasteiger partial charge in [0.2, 0.25) is 0 Å². The van der Waals surface area contributed by atoms with E-state index in [0.717, 1.165) is 17.2 Å². The second-order valence-electron chi connectivity index (χ2n) is 7.29. The van der Waals surface area contributed by atoms with E-state index in [1.807, 2.05) is 26.8 Å². The first-order valence-corrected chi connectivity index (χ1v) is 10.7. The number of nitro groups is 1. The van der Waals surface area contributed by atoms with Crippen molar-refractivity contribution >= 4 is 32.8 Å². The first kappa shape index (κ1) is 21.3. The first-order valence-electron chi connectivity index (χ1n) is 9.26. The normalized spacial score (nSPS) is 11.5. The van der Waals surface area contributed by atoms with Crippen LogP contribution in [0, 0.1) is 24.0 Å². The van der Waals surface area contributed by atoms with Gasteiger partial charge in [-0.3, -0.25) is 19.5 Å². The van der Waals surface area contributed by atoms with Crippen molar-refractivity contribution in [2.75, 3.05) is 10.0 Å². The Kier molecular flexibility index (Phi) is 5.79. The Bertz CT molecular complexity index is 1200. The number of nitrogens with zero attached hydrogens (tertiary/aromatic N) is 3. The van der Waals surface area contributed by atoms with Gasteiger partial charge in [0, 0.05) is 18.3 Å². The zero-order chi connectivity index (χ0) is 22.1. The molecule has 0 spiro atoms. The van der Waals surface area contributed by atoms with E-state index in [1.165, 1.54) is 12.1 Å². The van der Waals surface area contributed by atoms with E-state index in [9.17, 15) is 18.5 Å². The lowest BCUT2D eigenvalue weighted by Crippen LogP contribution is -2.14. The monoisotopic (exact) mass is 429 g/mol. The van der Waals surface area contributed by atoms with Gasteiger partial charge in [-0.1, -0.05) is 17.7 Å². The van der Waals surface area contributed by atoms with Crippen molar-refractivity contribution in [3.8, 4) is 0 Å². The van der Waals surface area contributed by atoms with Gasteiger partial charge < -0.3 is 5.32 Å². The van der Waals surface area contributed by atoms with E-state index >= 15 is 0 Å². The van der Waals surface area contributed by atoms with Crippen LogP contribution in [0.1, 0.15) is 31.0 Å². The summed E-state index contributed by atoms with van der Waals surface area (Å²) in [5, 5.41) is 18.7. The van der Waals surface area contributed by atoms with Gasteiger partial charge in [-0.25, -0.2) is 8.42 Å². The fourth-order valence-corrected chi connectivity index (χ4v) is 4.06. The van der Waals surface area contributed by atoms with E-state index in [0.29, 0.717) is 11.4 Å². The third-order valence-corrected chi connectivity index (χ3v) is 5.88. The third kappa shape index (κ3) is 4.60. The molecule has 0 aliphatic rings. The van der Waals surface area contributed by atoms with Crippen molar-refractivity contribution in [3.63, 3.8) is 0 Å². The predicted molar refractivity (Wildman–Crippen MR) is 116 cm³/mol. The lowest BCUT2D eigenvalue weighted by molar-refractivity contribution is -0.384. The minimum Gasteiger partial charge on any atom is -0.347 e. The zero-order valence-electron chi connectivity index (χ0n) is 17.1. The molecule has 0 saturated carbocycles. The molecule has 0 radical (unpaired) electrons. The minimum atomic E-state index is -4.00. The number of rotatable bonds is 7. The smallest absolute Gasteiger partial charge is 0.294 e. The van der Waals surface area contributed by atoms with E-state index in [2.05, 4.69) is 15.1 Å². The second kappa shape index (κ2) is 8.15. The fraction of sp³-hybridized carbons (Fsp3) is 0.250. The molecule has 0 amide bonds. The molecule has 158 valence electrons. The molecule has 0 aliphatic heterocycles. The summed E-state index contributed by atoms with van der Waals surface area (Å²) in [5.41, 5.74) is 2.57. The van der Waals surface area contributed by atoms with Crippen LogP contribution in [-0.2, 0) is 10.0 Å². The number of nitro benzene ring substituents is 1. The molecule has 1 aromatic heterocycles. The van der Waals surface area contributed by atoms with Gasteiger partial charge in [-0.2, -0.15) is 5.10 Å². The van der Waals surface area contributed by atoms with E-state index in [1.54, 1.807) is 36.1 Å². The largest absolute Gasteiger partial charge is 0.347 e. The van der Waals surface area contributed by atoms with Crippen molar-refractivity contribution < 1.29 is 13.3 Å². The standard InChI is InChI=1S/C20H23N5O4S/c1-13(2)24-12-16(11-21-24)22-19-8-6-17(10-20(19)25(26)27)30(28,29)23-18-7-5-14(3)9-15(18)4/h5-13,22-23H,1-4H3. The lowest BCUT2D eigenvalue weighted by atomic mass is 10.1. The highest BCUT2D eigenvalue weighted by Crippen LogP contribution is 2.31. The van der Waals surface area contributed by atoms with Crippen LogP contribution in [0.25, 0.3) is 0 Å². The highest BCUT2D eigenvalue weighted by atomic mass is 32.2. The Labute approximate surface area is 174 Å². The van der Waals surface area contributed by atoms with Crippen molar-refractivity contribution in [3.05, 3.63) is 70.0 Å². The molecule has 9 nitrogen and oxygen atoms in total. The van der Waals surface area contributed by atoms with Gasteiger partial charge in [0.15, 0.2) is 0 Å². The predicted octanol–water partition coefficient (Wildman–Crippen LogP) is 4.53. The number of sulfonamides is 1. The maximum absolute atomic E-state index is 12.8. The average Bonchev–Trinajstić information content (AvgIpc) is 3.13. The molecule has 0 atom stereocenters. The molecule has 0 aliphatic carbocycles. The van der Waals surface area contributed by atoms with Crippen molar-refractivity contribution in [1.29, 1.82) is 0 Å². The molecule has 0 fully saturated rings. The molecular formula is C20H23N5O4S. The Balaban J connectivity index is 1.92. The molecule has 0 unspecified atom stereocenters. The number of anilines is 3. The summed E-state index contributed by atoms with van der Waals surface area (Å²) in [7, 11) is -4.00. The van der Waals surface area contributed by atoms with Gasteiger partial charge in [0.1, 0.15) is 5.69 Å². The zero-order valence-corrected chi connectivity index (χ0v) is 17.9. The third-order valence-electron chi connectivity index (χ3n) is 4.51. The van der Waals surface area contributed by atoms with Crippen LogP contribution in [0.5, 0.6) is 0 Å². The van der Waals surface area contributed by atoms with Crippen LogP contribution in [0.4, 0.5) is 22.7 Å². The summed E-state index contributed by atoms with van der Waals surface area (Å²) < 4.78 is 29.8. The molecular weight excluding hydrogens is 406 g/mol. The molecule has 30 heavy (non-hydrogen) atoms. The number of aromatic nitrogens is 2. The van der Waals surface area contributed by atoms with Gasteiger partial charge >= 0.3 is 0 Å². The highest BCUT2D eigenvalue weighted by molar-refractivity contribution is 7.92. The summed E-state index contributed by atoms with van der Waals surface area (Å²) in [6.45, 7) is 7.62. The molecule has 0 saturated heterocycles. The van der Waals surface area contributed by atoms with E-state index < -0.39 is 14.9 Å². The van der Waals surface area contributed by atoms with Crippen LogP contribution in [-0.4, -0.2) is 23.1 Å². The van der Waals surface area contributed by atoms with Crippen molar-refractivity contribution in [1.82, 2.24) is 9.78 Å². The minimum absolute atomic E-state index is 0.138. The van der Waals surface area contributed by atoms with Gasteiger partial charge in [0.05, 0.1) is 27.4 Å². The van der Waals surface area contributed by atoms with Crippen LogP contribution < -0.4 is 10.0 Å². The molecule has 2 N–H and O–H groups in total. The Morgan fingerprint density at radius 1 is 1.10 bits per heavy atom. The lowest BCUT2D eigenvalue weighted by Gasteiger charge is -2.12. The summed E-state index contributed by atoms with van der Waals surface area (Å²) in [6, 6.07) is 9.19. The van der Waals surface area contributed by atoms with E-state index in [4.69, 9.17) is 0 Å². The molecule has 1 heterocycles. The molecule has 10 heteroatoms. The number of aryl methyl sites for hydroxylation is 2. The Hall–Kier alpha value is -3.40. The summed E-state index contributed by atoms with van der Waals surface area (Å²) in [6.07, 6.45) is 3.27. The van der Waals surface area contributed by atoms with Crippen LogP contribution in [0.3, 0.4) is 0 Å². The highest BCUT2D eigenvalue weighted by Gasteiger charge is 2.22. The number of benzene rings is 2. The fourth-order valence-electron chi connectivity index (χ4n) is 2.91. The molecule has 3 rings (SSSR count). The van der Waals surface area contributed by atoms with Gasteiger partial charge in [-0.15, -0.1) is 0 Å². The maximum atomic E-state index is 12.8. The molecule has 2 aromatic carbocycles. The van der Waals surface area contributed by atoms with Crippen LogP contribution in [0.2, 0.25) is 0 Å². The summed E-state index contributed by atoms with van der Waals surface area (Å²) in [5.74, 6) is 0. The quantitative estimate of drug-likeness (QED) is 0.420.